The fourth-order valence-electron chi connectivity index (χ4n) is 1.99. The van der Waals surface area contributed by atoms with E-state index in [-0.39, 0.29) is 5.69 Å². The van der Waals surface area contributed by atoms with Crippen LogP contribution in [0, 0.1) is 10.1 Å². The van der Waals surface area contributed by atoms with Gasteiger partial charge in [0.05, 0.1) is 15.9 Å². The van der Waals surface area contributed by atoms with Crippen molar-refractivity contribution in [2.45, 2.75) is 25.5 Å². The van der Waals surface area contributed by atoms with Gasteiger partial charge in [-0.1, -0.05) is 0 Å². The number of anilines is 1. The van der Waals surface area contributed by atoms with Crippen LogP contribution in [-0.2, 0) is 16.4 Å². The summed E-state index contributed by atoms with van der Waals surface area (Å²) >= 11 is 0. The van der Waals surface area contributed by atoms with Crippen molar-refractivity contribution < 1.29 is 13.3 Å². The van der Waals surface area contributed by atoms with Crippen LogP contribution in [0.1, 0.15) is 19.4 Å². The third-order valence-electron chi connectivity index (χ3n) is 3.03. The number of nitro benzene ring substituents is 1. The van der Waals surface area contributed by atoms with Crippen molar-refractivity contribution in [1.29, 1.82) is 0 Å². The lowest BCUT2D eigenvalue weighted by Crippen LogP contribution is -2.34. The van der Waals surface area contributed by atoms with Crippen LogP contribution in [0.3, 0.4) is 0 Å². The maximum Gasteiger partial charge on any atom is 0.269 e. The molecule has 0 bridgehead atoms. The van der Waals surface area contributed by atoms with Gasteiger partial charge in [0.15, 0.2) is 0 Å². The highest BCUT2D eigenvalue weighted by molar-refractivity contribution is 7.93. The molecular formula is C11H14N2O4S. The van der Waals surface area contributed by atoms with Gasteiger partial charge >= 0.3 is 0 Å². The Morgan fingerprint density at radius 1 is 1.39 bits per heavy atom. The van der Waals surface area contributed by atoms with Crippen LogP contribution in [0.25, 0.3) is 0 Å². The van der Waals surface area contributed by atoms with E-state index in [1.807, 2.05) is 0 Å². The van der Waals surface area contributed by atoms with E-state index in [1.165, 1.54) is 22.5 Å². The number of benzene rings is 1. The maximum atomic E-state index is 12.1. The fraction of sp³-hybridized carbons (Fsp3) is 0.455. The Morgan fingerprint density at radius 3 is 2.61 bits per heavy atom. The van der Waals surface area contributed by atoms with Crippen molar-refractivity contribution in [3.8, 4) is 0 Å². The number of hydrogen-bond acceptors (Lipinski definition) is 4. The monoisotopic (exact) mass is 270 g/mol. The Bertz CT molecular complexity index is 595. The zero-order chi connectivity index (χ0) is 13.5. The van der Waals surface area contributed by atoms with Crippen molar-refractivity contribution in [2.24, 2.45) is 0 Å². The molecule has 1 heterocycles. The van der Waals surface area contributed by atoms with E-state index >= 15 is 0 Å². The van der Waals surface area contributed by atoms with E-state index in [2.05, 4.69) is 0 Å². The molecular weight excluding hydrogens is 256 g/mol. The minimum atomic E-state index is -3.36. The van der Waals surface area contributed by atoms with Crippen LogP contribution in [0.4, 0.5) is 11.4 Å². The van der Waals surface area contributed by atoms with Crippen LogP contribution in [0.15, 0.2) is 18.2 Å². The molecule has 0 N–H and O–H groups in total. The molecule has 1 aromatic rings. The first-order valence-electron chi connectivity index (χ1n) is 5.63. The van der Waals surface area contributed by atoms with Gasteiger partial charge in [0.2, 0.25) is 10.0 Å². The first-order valence-corrected chi connectivity index (χ1v) is 7.13. The summed E-state index contributed by atoms with van der Waals surface area (Å²) in [6.45, 7) is 3.61. The van der Waals surface area contributed by atoms with Gasteiger partial charge in [-0.3, -0.25) is 14.4 Å². The Labute approximate surface area is 105 Å². The van der Waals surface area contributed by atoms with Gasteiger partial charge in [0.1, 0.15) is 0 Å². The summed E-state index contributed by atoms with van der Waals surface area (Å²) in [5.74, 6) is 0. The Hall–Kier alpha value is -1.63. The van der Waals surface area contributed by atoms with Gasteiger partial charge in [-0.05, 0) is 31.9 Å². The van der Waals surface area contributed by atoms with Crippen molar-refractivity contribution in [2.75, 3.05) is 10.8 Å². The summed E-state index contributed by atoms with van der Waals surface area (Å²) in [6.07, 6.45) is 0.517. The quantitative estimate of drug-likeness (QED) is 0.618. The Balaban J connectivity index is 2.44. The molecule has 0 aliphatic carbocycles. The van der Waals surface area contributed by atoms with Gasteiger partial charge in [0.25, 0.3) is 5.69 Å². The first kappa shape index (κ1) is 12.8. The number of nitrogens with zero attached hydrogens (tertiary/aromatic N) is 2. The minimum Gasteiger partial charge on any atom is -0.269 e. The normalized spacial score (nSPS) is 14.9. The molecule has 1 aliphatic heterocycles. The van der Waals surface area contributed by atoms with E-state index in [9.17, 15) is 18.5 Å². The maximum absolute atomic E-state index is 12.1. The largest absolute Gasteiger partial charge is 0.269 e. The van der Waals surface area contributed by atoms with Crippen LogP contribution < -0.4 is 4.31 Å². The predicted octanol–water partition coefficient (Wildman–Crippen LogP) is 1.70. The third-order valence-corrected chi connectivity index (χ3v) is 5.21. The second-order valence-electron chi connectivity index (χ2n) is 4.49. The van der Waals surface area contributed by atoms with E-state index in [4.69, 9.17) is 0 Å². The molecule has 0 saturated heterocycles. The second-order valence-corrected chi connectivity index (χ2v) is 6.90. The van der Waals surface area contributed by atoms with Gasteiger partial charge in [-0.15, -0.1) is 0 Å². The molecule has 98 valence electrons. The molecule has 1 aromatic carbocycles. The first-order chi connectivity index (χ1) is 8.34. The van der Waals surface area contributed by atoms with E-state index in [0.29, 0.717) is 24.2 Å². The molecule has 0 radical (unpaired) electrons. The average Bonchev–Trinajstić information content (AvgIpc) is 2.71. The zero-order valence-corrected chi connectivity index (χ0v) is 11.0. The number of sulfonamides is 1. The summed E-state index contributed by atoms with van der Waals surface area (Å²) in [5, 5.41) is 10.2. The highest BCUT2D eigenvalue weighted by atomic mass is 32.2. The molecule has 0 spiro atoms. The lowest BCUT2D eigenvalue weighted by atomic mass is 10.1. The fourth-order valence-corrected chi connectivity index (χ4v) is 3.30. The van der Waals surface area contributed by atoms with Gasteiger partial charge in [-0.25, -0.2) is 8.42 Å². The summed E-state index contributed by atoms with van der Waals surface area (Å²) in [7, 11) is -3.36. The average molecular weight is 270 g/mol. The molecule has 1 aliphatic rings. The van der Waals surface area contributed by atoms with E-state index in [0.717, 1.165) is 0 Å². The summed E-state index contributed by atoms with van der Waals surface area (Å²) in [6, 6.07) is 4.30. The summed E-state index contributed by atoms with van der Waals surface area (Å²) < 4.78 is 25.6. The molecule has 0 fully saturated rings. The second kappa shape index (κ2) is 4.24. The van der Waals surface area contributed by atoms with Crippen LogP contribution >= 0.6 is 0 Å². The molecule has 6 nitrogen and oxygen atoms in total. The molecule has 0 unspecified atom stereocenters. The standard InChI is InChI=1S/C11H14N2O4S/c1-8(2)18(16,17)12-6-5-9-7-10(13(14)15)3-4-11(9)12/h3-4,7-8H,5-6H2,1-2H3. The Kier molecular flexibility index (Phi) is 3.02. The number of non-ortho nitro benzene ring substituents is 1. The Morgan fingerprint density at radius 2 is 2.06 bits per heavy atom. The molecule has 0 saturated carbocycles. The topological polar surface area (TPSA) is 80.5 Å². The molecule has 0 amide bonds. The highest BCUT2D eigenvalue weighted by Gasteiger charge is 2.32. The lowest BCUT2D eigenvalue weighted by Gasteiger charge is -2.21. The van der Waals surface area contributed by atoms with Crippen molar-refractivity contribution in [3.63, 3.8) is 0 Å². The molecule has 18 heavy (non-hydrogen) atoms. The predicted molar refractivity (Wildman–Crippen MR) is 68.2 cm³/mol. The van der Waals surface area contributed by atoms with Gasteiger partial charge in [-0.2, -0.15) is 0 Å². The van der Waals surface area contributed by atoms with Crippen molar-refractivity contribution in [1.82, 2.24) is 0 Å². The highest BCUT2D eigenvalue weighted by Crippen LogP contribution is 2.33. The van der Waals surface area contributed by atoms with Crippen LogP contribution in [0.2, 0.25) is 0 Å². The minimum absolute atomic E-state index is 0.00227. The SMILES string of the molecule is CC(C)S(=O)(=O)N1CCc2cc([N+](=O)[O-])ccc21. The summed E-state index contributed by atoms with van der Waals surface area (Å²) in [4.78, 5) is 10.2. The number of rotatable bonds is 3. The van der Waals surface area contributed by atoms with Crippen molar-refractivity contribution >= 4 is 21.4 Å². The molecule has 7 heteroatoms. The van der Waals surface area contributed by atoms with Gasteiger partial charge in [0, 0.05) is 18.7 Å². The van der Waals surface area contributed by atoms with E-state index < -0.39 is 20.2 Å². The number of fused-ring (bicyclic) bond motifs is 1. The zero-order valence-electron chi connectivity index (χ0n) is 10.2. The number of hydrogen-bond donors (Lipinski definition) is 0. The molecule has 0 atom stereocenters. The van der Waals surface area contributed by atoms with Gasteiger partial charge < -0.3 is 0 Å². The van der Waals surface area contributed by atoms with E-state index in [1.54, 1.807) is 13.8 Å². The molecule has 0 aromatic heterocycles. The van der Waals surface area contributed by atoms with Crippen molar-refractivity contribution in [3.05, 3.63) is 33.9 Å². The summed E-state index contributed by atoms with van der Waals surface area (Å²) in [5.41, 5.74) is 1.28. The number of nitro groups is 1. The van der Waals surface area contributed by atoms with Crippen LogP contribution in [0.5, 0.6) is 0 Å². The smallest absolute Gasteiger partial charge is 0.269 e. The van der Waals surface area contributed by atoms with Crippen LogP contribution in [-0.4, -0.2) is 25.1 Å². The lowest BCUT2D eigenvalue weighted by molar-refractivity contribution is -0.384. The molecule has 2 rings (SSSR count). The third kappa shape index (κ3) is 1.94.